The minimum Gasteiger partial charge on any atom is -0.294 e. The van der Waals surface area contributed by atoms with Crippen molar-refractivity contribution in [2.75, 3.05) is 0 Å². The van der Waals surface area contributed by atoms with Crippen LogP contribution in [0.2, 0.25) is 0 Å². The van der Waals surface area contributed by atoms with E-state index in [1.165, 1.54) is 25.7 Å². The summed E-state index contributed by atoms with van der Waals surface area (Å²) in [5, 5.41) is 0. The molecule has 1 heteroatoms. The van der Waals surface area contributed by atoms with Gasteiger partial charge in [0.25, 0.3) is 0 Å². The van der Waals surface area contributed by atoms with E-state index in [1.807, 2.05) is 0 Å². The van der Waals surface area contributed by atoms with Crippen molar-refractivity contribution in [3.63, 3.8) is 0 Å². The second-order valence-corrected chi connectivity index (χ2v) is 2.94. The molecule has 0 aromatic rings. The van der Waals surface area contributed by atoms with Crippen LogP contribution in [-0.2, 0) is 0 Å². The van der Waals surface area contributed by atoms with Crippen LogP contribution in [0.15, 0.2) is 4.99 Å². The third-order valence-electron chi connectivity index (χ3n) is 1.95. The highest BCUT2D eigenvalue weighted by atomic mass is 14.8. The maximum Gasteiger partial charge on any atom is 0.0490 e. The van der Waals surface area contributed by atoms with Crippen molar-refractivity contribution in [2.24, 2.45) is 4.99 Å². The van der Waals surface area contributed by atoms with Crippen LogP contribution in [0.3, 0.4) is 0 Å². The van der Waals surface area contributed by atoms with Gasteiger partial charge in [0.2, 0.25) is 0 Å². The summed E-state index contributed by atoms with van der Waals surface area (Å²) in [6, 6.07) is 0.576. The zero-order chi connectivity index (χ0) is 8.53. The van der Waals surface area contributed by atoms with E-state index < -0.39 is 0 Å². The Morgan fingerprint density at radius 2 is 1.82 bits per heavy atom. The lowest BCUT2D eigenvalue weighted by atomic mass is 10.2. The summed E-state index contributed by atoms with van der Waals surface area (Å²) in [7, 11) is 0. The fourth-order valence-electron chi connectivity index (χ4n) is 1.02. The SMILES string of the molecule is CCCCC=NC(CC)CC. The summed E-state index contributed by atoms with van der Waals surface area (Å²) in [5.41, 5.74) is 0. The summed E-state index contributed by atoms with van der Waals surface area (Å²) < 4.78 is 0. The van der Waals surface area contributed by atoms with Gasteiger partial charge >= 0.3 is 0 Å². The van der Waals surface area contributed by atoms with Gasteiger partial charge < -0.3 is 0 Å². The van der Waals surface area contributed by atoms with E-state index >= 15 is 0 Å². The van der Waals surface area contributed by atoms with Crippen LogP contribution in [0.5, 0.6) is 0 Å². The van der Waals surface area contributed by atoms with Crippen LogP contribution in [-0.4, -0.2) is 12.3 Å². The van der Waals surface area contributed by atoms with E-state index in [4.69, 9.17) is 0 Å². The van der Waals surface area contributed by atoms with Crippen molar-refractivity contribution in [3.8, 4) is 0 Å². The van der Waals surface area contributed by atoms with Crippen LogP contribution in [0.1, 0.15) is 52.9 Å². The lowest BCUT2D eigenvalue weighted by Gasteiger charge is -2.03. The molecule has 0 fully saturated rings. The van der Waals surface area contributed by atoms with Gasteiger partial charge in [-0.2, -0.15) is 0 Å². The Bertz CT molecular complexity index is 93.0. The van der Waals surface area contributed by atoms with Gasteiger partial charge in [0.1, 0.15) is 0 Å². The van der Waals surface area contributed by atoms with Crippen LogP contribution >= 0.6 is 0 Å². The molecule has 0 saturated carbocycles. The minimum absolute atomic E-state index is 0.576. The number of nitrogens with zero attached hydrogens (tertiary/aromatic N) is 1. The third kappa shape index (κ3) is 6.08. The molecule has 0 aromatic carbocycles. The first-order valence-electron chi connectivity index (χ1n) is 4.86. The molecule has 11 heavy (non-hydrogen) atoms. The highest BCUT2D eigenvalue weighted by Gasteiger charge is 1.95. The monoisotopic (exact) mass is 155 g/mol. The van der Waals surface area contributed by atoms with Crippen molar-refractivity contribution in [1.82, 2.24) is 0 Å². The predicted molar refractivity (Wildman–Crippen MR) is 52.4 cm³/mol. The lowest BCUT2D eigenvalue weighted by Crippen LogP contribution is -1.99. The molecule has 0 bridgehead atoms. The van der Waals surface area contributed by atoms with E-state index in [0.717, 1.165) is 6.42 Å². The van der Waals surface area contributed by atoms with Crippen LogP contribution in [0, 0.1) is 0 Å². The van der Waals surface area contributed by atoms with Crippen molar-refractivity contribution >= 4 is 6.21 Å². The Balaban J connectivity index is 3.36. The number of aliphatic imine (C=N–C) groups is 1. The molecular formula is C10H21N. The zero-order valence-corrected chi connectivity index (χ0v) is 8.14. The van der Waals surface area contributed by atoms with Gasteiger partial charge in [-0.15, -0.1) is 0 Å². The molecule has 0 aliphatic rings. The molecule has 0 amide bonds. The molecule has 0 unspecified atom stereocenters. The van der Waals surface area contributed by atoms with E-state index in [2.05, 4.69) is 32.0 Å². The number of rotatable bonds is 6. The summed E-state index contributed by atoms with van der Waals surface area (Å²) in [5.74, 6) is 0. The van der Waals surface area contributed by atoms with E-state index in [0.29, 0.717) is 6.04 Å². The Morgan fingerprint density at radius 3 is 2.27 bits per heavy atom. The van der Waals surface area contributed by atoms with Gasteiger partial charge in [-0.05, 0) is 31.9 Å². The van der Waals surface area contributed by atoms with Gasteiger partial charge in [0.05, 0.1) is 0 Å². The summed E-state index contributed by atoms with van der Waals surface area (Å²) >= 11 is 0. The molecule has 0 saturated heterocycles. The molecule has 66 valence electrons. The molecule has 0 atom stereocenters. The van der Waals surface area contributed by atoms with Crippen molar-refractivity contribution < 1.29 is 0 Å². The molecule has 1 nitrogen and oxygen atoms in total. The highest BCUT2D eigenvalue weighted by molar-refractivity contribution is 5.57. The normalized spacial score (nSPS) is 11.6. The molecule has 0 rings (SSSR count). The third-order valence-corrected chi connectivity index (χ3v) is 1.95. The zero-order valence-electron chi connectivity index (χ0n) is 8.14. The van der Waals surface area contributed by atoms with Gasteiger partial charge in [-0.1, -0.05) is 27.2 Å². The van der Waals surface area contributed by atoms with Crippen LogP contribution in [0.25, 0.3) is 0 Å². The van der Waals surface area contributed by atoms with Gasteiger partial charge in [-0.25, -0.2) is 0 Å². The quantitative estimate of drug-likeness (QED) is 0.411. The predicted octanol–water partition coefficient (Wildman–Crippen LogP) is 3.44. The first-order valence-corrected chi connectivity index (χ1v) is 4.86. The van der Waals surface area contributed by atoms with Crippen LogP contribution in [0.4, 0.5) is 0 Å². The van der Waals surface area contributed by atoms with Crippen LogP contribution < -0.4 is 0 Å². The Hall–Kier alpha value is -0.330. The van der Waals surface area contributed by atoms with Gasteiger partial charge in [0, 0.05) is 6.04 Å². The first-order chi connectivity index (χ1) is 5.35. The number of unbranched alkanes of at least 4 members (excludes halogenated alkanes) is 2. The first kappa shape index (κ1) is 10.7. The standard InChI is InChI=1S/C10H21N/c1-4-7-8-9-11-10(5-2)6-3/h9-10H,4-8H2,1-3H3. The number of hydrogen-bond donors (Lipinski definition) is 0. The molecular weight excluding hydrogens is 134 g/mol. The summed E-state index contributed by atoms with van der Waals surface area (Å²) in [6.45, 7) is 6.61. The topological polar surface area (TPSA) is 12.4 Å². The molecule has 0 aliphatic heterocycles. The van der Waals surface area contributed by atoms with Gasteiger partial charge in [0.15, 0.2) is 0 Å². The summed E-state index contributed by atoms with van der Waals surface area (Å²) in [4.78, 5) is 4.47. The molecule has 0 N–H and O–H groups in total. The molecule has 0 radical (unpaired) electrons. The molecule has 0 spiro atoms. The van der Waals surface area contributed by atoms with E-state index in [1.54, 1.807) is 0 Å². The largest absolute Gasteiger partial charge is 0.294 e. The van der Waals surface area contributed by atoms with Crippen molar-refractivity contribution in [2.45, 2.75) is 58.9 Å². The highest BCUT2D eigenvalue weighted by Crippen LogP contribution is 2.01. The average molecular weight is 155 g/mol. The maximum absolute atomic E-state index is 4.47. The van der Waals surface area contributed by atoms with E-state index in [9.17, 15) is 0 Å². The van der Waals surface area contributed by atoms with Crippen molar-refractivity contribution in [1.29, 1.82) is 0 Å². The fraction of sp³-hybridized carbons (Fsp3) is 0.900. The second-order valence-electron chi connectivity index (χ2n) is 2.94. The molecule has 0 aliphatic carbocycles. The Labute approximate surface area is 70.9 Å². The minimum atomic E-state index is 0.576. The smallest absolute Gasteiger partial charge is 0.0490 e. The fourth-order valence-corrected chi connectivity index (χ4v) is 1.02. The number of hydrogen-bond acceptors (Lipinski definition) is 1. The summed E-state index contributed by atoms with van der Waals surface area (Å²) in [6.07, 6.45) is 8.17. The van der Waals surface area contributed by atoms with E-state index in [-0.39, 0.29) is 0 Å². The molecule has 0 aromatic heterocycles. The average Bonchev–Trinajstić information content (AvgIpc) is 2.05. The maximum atomic E-state index is 4.47. The molecule has 0 heterocycles. The van der Waals surface area contributed by atoms with Gasteiger partial charge in [-0.3, -0.25) is 4.99 Å². The lowest BCUT2D eigenvalue weighted by molar-refractivity contribution is 0.631. The Morgan fingerprint density at radius 1 is 1.18 bits per heavy atom. The Kier molecular flexibility index (Phi) is 7.54. The van der Waals surface area contributed by atoms with Crippen molar-refractivity contribution in [3.05, 3.63) is 0 Å². The second kappa shape index (κ2) is 7.77.